The molecule has 0 amide bonds. The quantitative estimate of drug-likeness (QED) is 0.746. The maximum atomic E-state index is 3.27. The van der Waals surface area contributed by atoms with E-state index in [4.69, 9.17) is 0 Å². The van der Waals surface area contributed by atoms with Gasteiger partial charge in [0, 0.05) is 25.2 Å². The van der Waals surface area contributed by atoms with Crippen LogP contribution in [0, 0.1) is 0 Å². The molecule has 1 aromatic carbocycles. The van der Waals surface area contributed by atoms with Gasteiger partial charge in [-0.25, -0.2) is 4.98 Å². The molecule has 0 aliphatic carbocycles. The van der Waals surface area contributed by atoms with Crippen LogP contribution in [0.3, 0.4) is 0 Å². The molecule has 1 N–H and O–H groups in total. The second kappa shape index (κ2) is 4.30. The van der Waals surface area contributed by atoms with E-state index in [1.54, 1.807) is 0 Å². The summed E-state index contributed by atoms with van der Waals surface area (Å²) in [5.41, 5.74) is 2.51. The molecule has 1 aromatic heterocycles. The number of aromatic amines is 1. The van der Waals surface area contributed by atoms with Gasteiger partial charge in [-0.2, -0.15) is 0 Å². The average Bonchev–Trinajstić information content (AvgIpc) is 2.31. The molecule has 2 aromatic rings. The van der Waals surface area contributed by atoms with Gasteiger partial charge in [0.25, 0.3) is 0 Å². The molecule has 2 rings (SSSR count). The van der Waals surface area contributed by atoms with Crippen LogP contribution in [0.15, 0.2) is 36.5 Å². The number of fused-ring (bicyclic) bond motifs is 1. The molecule has 0 radical (unpaired) electrons. The van der Waals surface area contributed by atoms with Crippen LogP contribution in [0.1, 0.15) is 13.8 Å². The number of aromatic nitrogens is 1. The number of hydrogen-bond donors (Lipinski definition) is 0. The minimum atomic E-state index is 1.05. The SMILES string of the molecule is CCN(CC)c1cccc2[nH+]cccc12. The zero-order valence-electron chi connectivity index (χ0n) is 9.33. The summed E-state index contributed by atoms with van der Waals surface area (Å²) in [6.07, 6.45) is 1.97. The first-order valence-corrected chi connectivity index (χ1v) is 5.51. The molecule has 0 saturated carbocycles. The van der Waals surface area contributed by atoms with Crippen LogP contribution < -0.4 is 9.88 Å². The first kappa shape index (κ1) is 9.97. The number of H-pyrrole nitrogens is 1. The van der Waals surface area contributed by atoms with E-state index < -0.39 is 0 Å². The molecular formula is C13H17N2+. The Balaban J connectivity index is 2.59. The number of nitrogens with zero attached hydrogens (tertiary/aromatic N) is 1. The molecule has 78 valence electrons. The number of rotatable bonds is 3. The predicted octanol–water partition coefficient (Wildman–Crippen LogP) is 2.50. The maximum absolute atomic E-state index is 3.27. The van der Waals surface area contributed by atoms with Gasteiger partial charge in [-0.3, -0.25) is 0 Å². The topological polar surface area (TPSA) is 17.4 Å². The van der Waals surface area contributed by atoms with Gasteiger partial charge in [-0.05, 0) is 26.0 Å². The summed E-state index contributed by atoms with van der Waals surface area (Å²) in [7, 11) is 0. The van der Waals surface area contributed by atoms with Crippen molar-refractivity contribution in [3.8, 4) is 0 Å². The maximum Gasteiger partial charge on any atom is 0.212 e. The van der Waals surface area contributed by atoms with Gasteiger partial charge in [0.1, 0.15) is 0 Å². The van der Waals surface area contributed by atoms with E-state index in [1.165, 1.54) is 16.6 Å². The van der Waals surface area contributed by atoms with Crippen molar-refractivity contribution in [1.29, 1.82) is 0 Å². The summed E-state index contributed by atoms with van der Waals surface area (Å²) >= 11 is 0. The fourth-order valence-corrected chi connectivity index (χ4v) is 1.98. The Morgan fingerprint density at radius 3 is 2.60 bits per heavy atom. The van der Waals surface area contributed by atoms with Crippen molar-refractivity contribution in [3.05, 3.63) is 36.5 Å². The molecule has 0 aliphatic rings. The van der Waals surface area contributed by atoms with Gasteiger partial charge in [0.05, 0.1) is 11.1 Å². The second-order valence-corrected chi connectivity index (χ2v) is 3.58. The number of anilines is 1. The minimum Gasteiger partial charge on any atom is -0.371 e. The number of hydrogen-bond acceptors (Lipinski definition) is 1. The second-order valence-electron chi connectivity index (χ2n) is 3.58. The van der Waals surface area contributed by atoms with Gasteiger partial charge in [-0.1, -0.05) is 6.07 Å². The van der Waals surface area contributed by atoms with Crippen LogP contribution in [0.25, 0.3) is 10.9 Å². The molecule has 0 saturated heterocycles. The van der Waals surface area contributed by atoms with E-state index in [0.717, 1.165) is 13.1 Å². The van der Waals surface area contributed by atoms with Crippen LogP contribution in [0.5, 0.6) is 0 Å². The van der Waals surface area contributed by atoms with E-state index in [2.05, 4.69) is 54.1 Å². The molecule has 2 heteroatoms. The van der Waals surface area contributed by atoms with Gasteiger partial charge < -0.3 is 4.90 Å². The lowest BCUT2D eigenvalue weighted by Gasteiger charge is -2.21. The van der Waals surface area contributed by atoms with Crippen molar-refractivity contribution >= 4 is 16.6 Å². The van der Waals surface area contributed by atoms with Gasteiger partial charge in [-0.15, -0.1) is 0 Å². The highest BCUT2D eigenvalue weighted by atomic mass is 15.1. The average molecular weight is 201 g/mol. The first-order chi connectivity index (χ1) is 7.36. The van der Waals surface area contributed by atoms with Gasteiger partial charge in [0.2, 0.25) is 5.52 Å². The highest BCUT2D eigenvalue weighted by Gasteiger charge is 2.08. The van der Waals surface area contributed by atoms with Crippen molar-refractivity contribution in [2.75, 3.05) is 18.0 Å². The van der Waals surface area contributed by atoms with Crippen LogP contribution in [0.2, 0.25) is 0 Å². The van der Waals surface area contributed by atoms with Crippen molar-refractivity contribution in [2.24, 2.45) is 0 Å². The third-order valence-corrected chi connectivity index (χ3v) is 2.79. The van der Waals surface area contributed by atoms with E-state index in [9.17, 15) is 0 Å². The first-order valence-electron chi connectivity index (χ1n) is 5.51. The summed E-state index contributed by atoms with van der Waals surface area (Å²) in [6.45, 7) is 6.47. The molecule has 0 aliphatic heterocycles. The summed E-state index contributed by atoms with van der Waals surface area (Å²) in [5.74, 6) is 0. The molecule has 15 heavy (non-hydrogen) atoms. The van der Waals surface area contributed by atoms with Crippen LogP contribution in [-0.4, -0.2) is 13.1 Å². The molecule has 0 bridgehead atoms. The Morgan fingerprint density at radius 2 is 1.87 bits per heavy atom. The van der Waals surface area contributed by atoms with Crippen LogP contribution in [-0.2, 0) is 0 Å². The Bertz CT molecular complexity index is 442. The Labute approximate surface area is 90.6 Å². The van der Waals surface area contributed by atoms with E-state index in [1.807, 2.05) is 6.20 Å². The smallest absolute Gasteiger partial charge is 0.212 e. The highest BCUT2D eigenvalue weighted by Crippen LogP contribution is 2.23. The molecule has 0 atom stereocenters. The third-order valence-electron chi connectivity index (χ3n) is 2.79. The van der Waals surface area contributed by atoms with Crippen molar-refractivity contribution in [3.63, 3.8) is 0 Å². The normalized spacial score (nSPS) is 10.5. The predicted molar refractivity (Wildman–Crippen MR) is 64.1 cm³/mol. The summed E-state index contributed by atoms with van der Waals surface area (Å²) in [6, 6.07) is 10.6. The third kappa shape index (κ3) is 1.80. The van der Waals surface area contributed by atoms with Crippen molar-refractivity contribution in [2.45, 2.75) is 13.8 Å². The van der Waals surface area contributed by atoms with Gasteiger partial charge in [0.15, 0.2) is 6.20 Å². The minimum absolute atomic E-state index is 1.05. The van der Waals surface area contributed by atoms with Crippen molar-refractivity contribution in [1.82, 2.24) is 0 Å². The number of nitrogens with one attached hydrogen (secondary N) is 1. The van der Waals surface area contributed by atoms with Crippen LogP contribution in [0.4, 0.5) is 5.69 Å². The number of pyridine rings is 1. The Kier molecular flexibility index (Phi) is 2.86. The zero-order valence-corrected chi connectivity index (χ0v) is 9.33. The molecular weight excluding hydrogens is 184 g/mol. The fourth-order valence-electron chi connectivity index (χ4n) is 1.98. The van der Waals surface area contributed by atoms with Crippen molar-refractivity contribution < 1.29 is 4.98 Å². The number of benzene rings is 1. The van der Waals surface area contributed by atoms with E-state index >= 15 is 0 Å². The Hall–Kier alpha value is -1.57. The molecule has 0 unspecified atom stereocenters. The lowest BCUT2D eigenvalue weighted by atomic mass is 10.1. The molecule has 0 spiro atoms. The van der Waals surface area contributed by atoms with E-state index in [0.29, 0.717) is 0 Å². The monoisotopic (exact) mass is 201 g/mol. The van der Waals surface area contributed by atoms with E-state index in [-0.39, 0.29) is 0 Å². The lowest BCUT2D eigenvalue weighted by Crippen LogP contribution is -2.22. The zero-order chi connectivity index (χ0) is 10.7. The Morgan fingerprint density at radius 1 is 1.07 bits per heavy atom. The largest absolute Gasteiger partial charge is 0.371 e. The lowest BCUT2D eigenvalue weighted by molar-refractivity contribution is -0.344. The van der Waals surface area contributed by atoms with Gasteiger partial charge >= 0.3 is 0 Å². The fraction of sp³-hybridized carbons (Fsp3) is 0.308. The standard InChI is InChI=1S/C13H16N2/c1-3-15(4-2)13-9-5-8-12-11(13)7-6-10-14-12/h5-10H,3-4H2,1-2H3/p+1. The summed E-state index contributed by atoms with van der Waals surface area (Å²) in [4.78, 5) is 5.64. The summed E-state index contributed by atoms with van der Waals surface area (Å²) in [5, 5.41) is 1.30. The molecule has 2 nitrogen and oxygen atoms in total. The molecule has 0 fully saturated rings. The van der Waals surface area contributed by atoms with Crippen LogP contribution >= 0.6 is 0 Å². The molecule has 1 heterocycles. The summed E-state index contributed by atoms with van der Waals surface area (Å²) < 4.78 is 0. The highest BCUT2D eigenvalue weighted by molar-refractivity contribution is 5.89.